The summed E-state index contributed by atoms with van der Waals surface area (Å²) in [6, 6.07) is 4.06. The predicted octanol–water partition coefficient (Wildman–Crippen LogP) is 1.70. The second-order valence-corrected chi connectivity index (χ2v) is 4.44. The highest BCUT2D eigenvalue weighted by atomic mass is 16.2. The average Bonchev–Trinajstić information content (AvgIpc) is 2.34. The first-order valence-electron chi connectivity index (χ1n) is 6.18. The summed E-state index contributed by atoms with van der Waals surface area (Å²) in [6.45, 7) is 3.20. The molecule has 1 heterocycles. The van der Waals surface area contributed by atoms with E-state index < -0.39 is 0 Å². The molecule has 96 valence electrons. The molecule has 0 saturated carbocycles. The van der Waals surface area contributed by atoms with Crippen LogP contribution in [0.1, 0.15) is 37.8 Å². The standard InChI is InChI=1S/C13H23N3O/c1-11(14)12-6-7-13(15-10-12)16(2)8-4-3-5-9-17/h6-7,10-11,17H,3-5,8-9,14H2,1-2H3. The fourth-order valence-corrected chi connectivity index (χ4v) is 1.64. The van der Waals surface area contributed by atoms with Crippen molar-refractivity contribution >= 4 is 5.82 Å². The molecule has 0 aliphatic rings. The fourth-order valence-electron chi connectivity index (χ4n) is 1.64. The smallest absolute Gasteiger partial charge is 0.128 e. The van der Waals surface area contributed by atoms with Crippen molar-refractivity contribution in [3.05, 3.63) is 23.9 Å². The van der Waals surface area contributed by atoms with Gasteiger partial charge in [0.15, 0.2) is 0 Å². The van der Waals surface area contributed by atoms with Gasteiger partial charge in [-0.3, -0.25) is 0 Å². The van der Waals surface area contributed by atoms with E-state index in [1.165, 1.54) is 0 Å². The van der Waals surface area contributed by atoms with Crippen molar-refractivity contribution in [2.45, 2.75) is 32.2 Å². The number of nitrogens with zero attached hydrogens (tertiary/aromatic N) is 2. The monoisotopic (exact) mass is 237 g/mol. The Bertz CT molecular complexity index is 311. The maximum atomic E-state index is 8.69. The molecule has 1 unspecified atom stereocenters. The van der Waals surface area contributed by atoms with E-state index in [-0.39, 0.29) is 12.6 Å². The van der Waals surface area contributed by atoms with Crippen LogP contribution in [0, 0.1) is 0 Å². The van der Waals surface area contributed by atoms with Crippen LogP contribution in [-0.4, -0.2) is 30.3 Å². The van der Waals surface area contributed by atoms with Crippen molar-refractivity contribution in [1.29, 1.82) is 0 Å². The van der Waals surface area contributed by atoms with Crippen molar-refractivity contribution in [3.8, 4) is 0 Å². The van der Waals surface area contributed by atoms with Crippen molar-refractivity contribution < 1.29 is 5.11 Å². The van der Waals surface area contributed by atoms with Gasteiger partial charge in [-0.25, -0.2) is 4.98 Å². The topological polar surface area (TPSA) is 62.4 Å². The highest BCUT2D eigenvalue weighted by molar-refractivity contribution is 5.38. The molecular formula is C13H23N3O. The summed E-state index contributed by atoms with van der Waals surface area (Å²) < 4.78 is 0. The largest absolute Gasteiger partial charge is 0.396 e. The van der Waals surface area contributed by atoms with Crippen LogP contribution in [0.5, 0.6) is 0 Å². The Morgan fingerprint density at radius 3 is 2.65 bits per heavy atom. The number of unbranched alkanes of at least 4 members (excludes halogenated alkanes) is 2. The molecule has 3 N–H and O–H groups in total. The van der Waals surface area contributed by atoms with Gasteiger partial charge in [-0.2, -0.15) is 0 Å². The second kappa shape index (κ2) is 7.25. The molecule has 1 atom stereocenters. The van der Waals surface area contributed by atoms with Gasteiger partial charge in [-0.15, -0.1) is 0 Å². The van der Waals surface area contributed by atoms with Crippen LogP contribution < -0.4 is 10.6 Å². The van der Waals surface area contributed by atoms with Crippen LogP contribution in [0.15, 0.2) is 18.3 Å². The van der Waals surface area contributed by atoms with Gasteiger partial charge >= 0.3 is 0 Å². The lowest BCUT2D eigenvalue weighted by atomic mass is 10.1. The number of pyridine rings is 1. The Balaban J connectivity index is 2.43. The molecule has 0 amide bonds. The van der Waals surface area contributed by atoms with Crippen LogP contribution in [0.25, 0.3) is 0 Å². The van der Waals surface area contributed by atoms with E-state index in [1.807, 2.05) is 32.3 Å². The van der Waals surface area contributed by atoms with Gasteiger partial charge < -0.3 is 15.7 Å². The van der Waals surface area contributed by atoms with E-state index in [0.717, 1.165) is 37.2 Å². The van der Waals surface area contributed by atoms with Gasteiger partial charge in [0.2, 0.25) is 0 Å². The Morgan fingerprint density at radius 1 is 1.35 bits per heavy atom. The minimum absolute atomic E-state index is 0.0337. The van der Waals surface area contributed by atoms with Crippen LogP contribution in [0.2, 0.25) is 0 Å². The average molecular weight is 237 g/mol. The number of rotatable bonds is 7. The van der Waals surface area contributed by atoms with Gasteiger partial charge in [0, 0.05) is 32.4 Å². The third-order valence-corrected chi connectivity index (χ3v) is 2.84. The summed E-state index contributed by atoms with van der Waals surface area (Å²) in [5.41, 5.74) is 6.83. The zero-order valence-corrected chi connectivity index (χ0v) is 10.8. The SMILES string of the molecule is CC(N)c1ccc(N(C)CCCCCO)nc1. The summed E-state index contributed by atoms with van der Waals surface area (Å²) in [4.78, 5) is 6.52. The second-order valence-electron chi connectivity index (χ2n) is 4.44. The molecule has 0 aliphatic carbocycles. The molecule has 0 saturated heterocycles. The summed E-state index contributed by atoms with van der Waals surface area (Å²) in [7, 11) is 2.03. The molecule has 1 aromatic rings. The molecule has 0 spiro atoms. The van der Waals surface area contributed by atoms with E-state index in [0.29, 0.717) is 0 Å². The quantitative estimate of drug-likeness (QED) is 0.709. The molecule has 0 fully saturated rings. The first-order chi connectivity index (χ1) is 8.15. The molecule has 1 aromatic heterocycles. The molecular weight excluding hydrogens is 214 g/mol. The summed E-state index contributed by atoms with van der Waals surface area (Å²) in [6.07, 6.45) is 4.85. The van der Waals surface area contributed by atoms with Crippen LogP contribution in [0.4, 0.5) is 5.82 Å². The van der Waals surface area contributed by atoms with E-state index in [9.17, 15) is 0 Å². The molecule has 4 heteroatoms. The lowest BCUT2D eigenvalue weighted by molar-refractivity contribution is 0.283. The molecule has 1 rings (SSSR count). The lowest BCUT2D eigenvalue weighted by Crippen LogP contribution is -2.20. The van der Waals surface area contributed by atoms with Gasteiger partial charge in [-0.1, -0.05) is 6.07 Å². The van der Waals surface area contributed by atoms with E-state index in [2.05, 4.69) is 9.88 Å². The maximum Gasteiger partial charge on any atom is 0.128 e. The zero-order valence-electron chi connectivity index (χ0n) is 10.8. The molecule has 0 aromatic carbocycles. The number of hydrogen-bond donors (Lipinski definition) is 2. The molecule has 0 aliphatic heterocycles. The number of nitrogens with two attached hydrogens (primary N) is 1. The minimum atomic E-state index is 0.0337. The Labute approximate surface area is 103 Å². The Kier molecular flexibility index (Phi) is 5.94. The van der Waals surface area contributed by atoms with Crippen molar-refractivity contribution in [2.24, 2.45) is 5.73 Å². The van der Waals surface area contributed by atoms with E-state index in [1.54, 1.807) is 0 Å². The first-order valence-corrected chi connectivity index (χ1v) is 6.18. The van der Waals surface area contributed by atoms with Gasteiger partial charge in [0.1, 0.15) is 5.82 Å². The third kappa shape index (κ3) is 4.71. The summed E-state index contributed by atoms with van der Waals surface area (Å²) in [5.74, 6) is 0.971. The number of anilines is 1. The van der Waals surface area contributed by atoms with Gasteiger partial charge in [0.25, 0.3) is 0 Å². The van der Waals surface area contributed by atoms with Crippen LogP contribution in [-0.2, 0) is 0 Å². The molecule has 0 bridgehead atoms. The number of aliphatic hydroxyl groups excluding tert-OH is 1. The molecule has 17 heavy (non-hydrogen) atoms. The lowest BCUT2D eigenvalue weighted by Gasteiger charge is -2.18. The number of aromatic nitrogens is 1. The maximum absolute atomic E-state index is 8.69. The fraction of sp³-hybridized carbons (Fsp3) is 0.615. The Hall–Kier alpha value is -1.13. The minimum Gasteiger partial charge on any atom is -0.396 e. The summed E-state index contributed by atoms with van der Waals surface area (Å²) in [5, 5.41) is 8.69. The van der Waals surface area contributed by atoms with Gasteiger partial charge in [0.05, 0.1) is 0 Å². The Morgan fingerprint density at radius 2 is 2.12 bits per heavy atom. The van der Waals surface area contributed by atoms with Crippen molar-refractivity contribution in [3.63, 3.8) is 0 Å². The summed E-state index contributed by atoms with van der Waals surface area (Å²) >= 11 is 0. The molecule has 4 nitrogen and oxygen atoms in total. The van der Waals surface area contributed by atoms with E-state index in [4.69, 9.17) is 10.8 Å². The zero-order chi connectivity index (χ0) is 12.7. The number of hydrogen-bond acceptors (Lipinski definition) is 4. The van der Waals surface area contributed by atoms with E-state index >= 15 is 0 Å². The van der Waals surface area contributed by atoms with Crippen LogP contribution >= 0.6 is 0 Å². The normalized spacial score (nSPS) is 12.5. The van der Waals surface area contributed by atoms with Crippen LogP contribution in [0.3, 0.4) is 0 Å². The number of aliphatic hydroxyl groups is 1. The third-order valence-electron chi connectivity index (χ3n) is 2.84. The molecule has 0 radical (unpaired) electrons. The highest BCUT2D eigenvalue weighted by Crippen LogP contribution is 2.14. The predicted molar refractivity (Wildman–Crippen MR) is 71.0 cm³/mol. The van der Waals surface area contributed by atoms with Crippen molar-refractivity contribution in [2.75, 3.05) is 25.1 Å². The van der Waals surface area contributed by atoms with Crippen molar-refractivity contribution in [1.82, 2.24) is 4.98 Å². The highest BCUT2D eigenvalue weighted by Gasteiger charge is 2.04. The van der Waals surface area contributed by atoms with Gasteiger partial charge in [-0.05, 0) is 37.8 Å². The first kappa shape index (κ1) is 13.9.